The van der Waals surface area contributed by atoms with Gasteiger partial charge in [0.25, 0.3) is 0 Å². The second kappa shape index (κ2) is 7.59. The molecule has 26 heavy (non-hydrogen) atoms. The van der Waals surface area contributed by atoms with E-state index in [1.807, 2.05) is 0 Å². The highest BCUT2D eigenvalue weighted by atomic mass is 35.5. The lowest BCUT2D eigenvalue weighted by molar-refractivity contribution is -0.116. The lowest BCUT2D eigenvalue weighted by Gasteiger charge is -2.29. The second-order valence-electron chi connectivity index (χ2n) is 5.75. The van der Waals surface area contributed by atoms with Crippen molar-refractivity contribution in [2.75, 3.05) is 15.9 Å². The monoisotopic (exact) mass is 402 g/mol. The Balaban J connectivity index is 2.43. The predicted octanol–water partition coefficient (Wildman–Crippen LogP) is 3.72. The number of carbonyl (C=O) groups is 1. The van der Waals surface area contributed by atoms with E-state index < -0.39 is 39.3 Å². The molecule has 2 rings (SSSR count). The topological polar surface area (TPSA) is 66.5 Å². The average molecular weight is 403 g/mol. The first-order valence-corrected chi connectivity index (χ1v) is 9.75. The minimum absolute atomic E-state index is 0.205. The maximum absolute atomic E-state index is 13.7. The van der Waals surface area contributed by atoms with Crippen LogP contribution in [0.15, 0.2) is 36.4 Å². The van der Waals surface area contributed by atoms with E-state index in [9.17, 15) is 22.0 Å². The third kappa shape index (κ3) is 4.31. The zero-order valence-electron chi connectivity index (χ0n) is 14.3. The van der Waals surface area contributed by atoms with Gasteiger partial charge in [-0.3, -0.25) is 9.10 Å². The van der Waals surface area contributed by atoms with Crippen molar-refractivity contribution in [3.8, 4) is 0 Å². The molecule has 0 aromatic heterocycles. The van der Waals surface area contributed by atoms with E-state index in [1.54, 1.807) is 19.1 Å². The van der Waals surface area contributed by atoms with Gasteiger partial charge in [-0.05, 0) is 43.7 Å². The van der Waals surface area contributed by atoms with Crippen molar-refractivity contribution >= 4 is 38.9 Å². The molecule has 0 saturated heterocycles. The molecule has 0 bridgehead atoms. The van der Waals surface area contributed by atoms with Crippen molar-refractivity contribution in [3.63, 3.8) is 0 Å². The van der Waals surface area contributed by atoms with Crippen molar-refractivity contribution in [2.45, 2.75) is 19.9 Å². The first kappa shape index (κ1) is 20.1. The van der Waals surface area contributed by atoms with E-state index in [1.165, 1.54) is 13.0 Å². The van der Waals surface area contributed by atoms with E-state index in [-0.39, 0.29) is 10.7 Å². The number of aryl methyl sites for hydroxylation is 1. The van der Waals surface area contributed by atoms with E-state index in [0.717, 1.165) is 28.8 Å². The first-order valence-electron chi connectivity index (χ1n) is 7.53. The van der Waals surface area contributed by atoms with Crippen LogP contribution in [0.2, 0.25) is 5.02 Å². The fourth-order valence-corrected chi connectivity index (χ4v) is 3.84. The Morgan fingerprint density at radius 1 is 1.19 bits per heavy atom. The lowest BCUT2D eigenvalue weighted by Crippen LogP contribution is -2.45. The van der Waals surface area contributed by atoms with Gasteiger partial charge in [0, 0.05) is 5.02 Å². The number of sulfonamides is 1. The number of amides is 1. The summed E-state index contributed by atoms with van der Waals surface area (Å²) in [7, 11) is -3.89. The average Bonchev–Trinajstić information content (AvgIpc) is 2.53. The van der Waals surface area contributed by atoms with Crippen molar-refractivity contribution in [1.82, 2.24) is 0 Å². The van der Waals surface area contributed by atoms with E-state index >= 15 is 0 Å². The van der Waals surface area contributed by atoms with Crippen LogP contribution in [0.25, 0.3) is 0 Å². The summed E-state index contributed by atoms with van der Waals surface area (Å²) in [6.45, 7) is 2.97. The molecular formula is C17H17ClF2N2O3S. The van der Waals surface area contributed by atoms with Gasteiger partial charge in [-0.1, -0.05) is 23.7 Å². The lowest BCUT2D eigenvalue weighted by atomic mass is 10.1. The summed E-state index contributed by atoms with van der Waals surface area (Å²) in [5.74, 6) is -2.82. The van der Waals surface area contributed by atoms with Gasteiger partial charge in [-0.2, -0.15) is 0 Å². The van der Waals surface area contributed by atoms with Gasteiger partial charge in [-0.25, -0.2) is 17.2 Å². The SMILES string of the molecule is Cc1ccc(Cl)cc1N([C@@H](C)C(=O)Nc1c(F)cccc1F)S(C)(=O)=O. The Labute approximate surface area is 155 Å². The molecule has 9 heteroatoms. The minimum atomic E-state index is -3.89. The maximum Gasteiger partial charge on any atom is 0.248 e. The summed E-state index contributed by atoms with van der Waals surface area (Å²) in [6.07, 6.45) is 0.931. The number of rotatable bonds is 5. The summed E-state index contributed by atoms with van der Waals surface area (Å²) in [5.41, 5.74) is 0.133. The highest BCUT2D eigenvalue weighted by molar-refractivity contribution is 7.92. The van der Waals surface area contributed by atoms with Crippen LogP contribution in [0.4, 0.5) is 20.2 Å². The van der Waals surface area contributed by atoms with Gasteiger partial charge < -0.3 is 5.32 Å². The number of para-hydroxylation sites is 1. The third-order valence-electron chi connectivity index (χ3n) is 3.71. The highest BCUT2D eigenvalue weighted by Crippen LogP contribution is 2.29. The Morgan fingerprint density at radius 2 is 1.77 bits per heavy atom. The molecule has 0 heterocycles. The van der Waals surface area contributed by atoms with E-state index in [2.05, 4.69) is 5.32 Å². The standard InChI is InChI=1S/C17H17ClF2N2O3S/c1-10-7-8-12(18)9-15(10)22(26(3,24)25)11(2)17(23)21-16-13(19)5-4-6-14(16)20/h4-9,11H,1-3H3,(H,21,23)/t11-/m0/s1. The predicted molar refractivity (Wildman–Crippen MR) is 98.0 cm³/mol. The molecule has 0 aliphatic carbocycles. The first-order chi connectivity index (χ1) is 12.0. The van der Waals surface area contributed by atoms with E-state index in [4.69, 9.17) is 11.6 Å². The maximum atomic E-state index is 13.7. The summed E-state index contributed by atoms with van der Waals surface area (Å²) < 4.78 is 52.9. The van der Waals surface area contributed by atoms with Gasteiger partial charge >= 0.3 is 0 Å². The Morgan fingerprint density at radius 3 is 2.31 bits per heavy atom. The van der Waals surface area contributed by atoms with Crippen LogP contribution in [0.3, 0.4) is 0 Å². The molecule has 1 amide bonds. The number of halogens is 3. The van der Waals surface area contributed by atoms with E-state index in [0.29, 0.717) is 5.56 Å². The normalized spacial score (nSPS) is 12.5. The van der Waals surface area contributed by atoms with Crippen LogP contribution in [0.1, 0.15) is 12.5 Å². The highest BCUT2D eigenvalue weighted by Gasteiger charge is 2.31. The van der Waals surface area contributed by atoms with Crippen molar-refractivity contribution in [3.05, 3.63) is 58.6 Å². The van der Waals surface area contributed by atoms with Crippen LogP contribution in [-0.2, 0) is 14.8 Å². The molecule has 2 aromatic carbocycles. The molecule has 5 nitrogen and oxygen atoms in total. The van der Waals surface area contributed by atoms with Gasteiger partial charge in [-0.15, -0.1) is 0 Å². The quantitative estimate of drug-likeness (QED) is 0.828. The molecule has 0 spiro atoms. The van der Waals surface area contributed by atoms with Gasteiger partial charge in [0.2, 0.25) is 15.9 Å². The minimum Gasteiger partial charge on any atom is -0.319 e. The molecule has 0 aliphatic rings. The zero-order valence-corrected chi connectivity index (χ0v) is 15.8. The Hall–Kier alpha value is -2.19. The second-order valence-corrected chi connectivity index (χ2v) is 8.05. The van der Waals surface area contributed by atoms with Crippen LogP contribution >= 0.6 is 11.6 Å². The molecule has 0 aliphatic heterocycles. The van der Waals surface area contributed by atoms with Crippen LogP contribution in [0, 0.1) is 18.6 Å². The molecule has 1 atom stereocenters. The third-order valence-corrected chi connectivity index (χ3v) is 5.17. The smallest absolute Gasteiger partial charge is 0.248 e. The largest absolute Gasteiger partial charge is 0.319 e. The van der Waals surface area contributed by atoms with Gasteiger partial charge in [0.05, 0.1) is 11.9 Å². The van der Waals surface area contributed by atoms with Gasteiger partial charge in [0.15, 0.2) is 0 Å². The molecule has 0 unspecified atom stereocenters. The molecule has 2 aromatic rings. The van der Waals surface area contributed by atoms with Crippen LogP contribution in [-0.4, -0.2) is 26.6 Å². The molecule has 140 valence electrons. The molecule has 0 saturated carbocycles. The number of hydrogen-bond donors (Lipinski definition) is 1. The van der Waals surface area contributed by atoms with Crippen molar-refractivity contribution in [1.29, 1.82) is 0 Å². The summed E-state index contributed by atoms with van der Waals surface area (Å²) in [5, 5.41) is 2.39. The molecule has 1 N–H and O–H groups in total. The number of nitrogens with one attached hydrogen (secondary N) is 1. The number of hydrogen-bond acceptors (Lipinski definition) is 3. The van der Waals surface area contributed by atoms with Crippen molar-refractivity contribution < 1.29 is 22.0 Å². The number of nitrogens with zero attached hydrogens (tertiary/aromatic N) is 1. The number of anilines is 2. The fraction of sp³-hybridized carbons (Fsp3) is 0.235. The number of benzene rings is 2. The van der Waals surface area contributed by atoms with Crippen molar-refractivity contribution in [2.24, 2.45) is 0 Å². The van der Waals surface area contributed by atoms with Crippen LogP contribution in [0.5, 0.6) is 0 Å². The molecule has 0 radical (unpaired) electrons. The van der Waals surface area contributed by atoms with Gasteiger partial charge in [0.1, 0.15) is 23.4 Å². The number of carbonyl (C=O) groups excluding carboxylic acids is 1. The van der Waals surface area contributed by atoms with Crippen LogP contribution < -0.4 is 9.62 Å². The Bertz CT molecular complexity index is 931. The summed E-state index contributed by atoms with van der Waals surface area (Å²) >= 11 is 5.95. The zero-order chi connectivity index (χ0) is 19.6. The molecule has 0 fully saturated rings. The molecular weight excluding hydrogens is 386 g/mol. The Kier molecular flexibility index (Phi) is 5.87. The fourth-order valence-electron chi connectivity index (χ4n) is 2.45. The summed E-state index contributed by atoms with van der Waals surface area (Å²) in [6, 6.07) is 6.45. The summed E-state index contributed by atoms with van der Waals surface area (Å²) in [4.78, 5) is 12.5.